The summed E-state index contributed by atoms with van der Waals surface area (Å²) in [6, 6.07) is 8.88. The van der Waals surface area contributed by atoms with Crippen LogP contribution in [0.1, 0.15) is 65.2 Å². The predicted octanol–water partition coefficient (Wildman–Crippen LogP) is 5.68. The van der Waals surface area contributed by atoms with Gasteiger partial charge in [0, 0.05) is 0 Å². The van der Waals surface area contributed by atoms with Crippen LogP contribution in [0.3, 0.4) is 0 Å². The van der Waals surface area contributed by atoms with E-state index in [0.29, 0.717) is 0 Å². The molecule has 0 saturated heterocycles. The van der Waals surface area contributed by atoms with E-state index >= 15 is 0 Å². The molecule has 2 rings (SSSR count). The third kappa shape index (κ3) is 4.47. The molecule has 0 aliphatic heterocycles. The zero-order chi connectivity index (χ0) is 15.8. The fourth-order valence-corrected chi connectivity index (χ4v) is 4.05. The molecule has 0 atom stereocenters. The van der Waals surface area contributed by atoms with Crippen molar-refractivity contribution in [3.8, 4) is 0 Å². The Hall–Kier alpha value is -0.570. The Morgan fingerprint density at radius 2 is 1.18 bits per heavy atom. The maximum atomic E-state index is 2.76. The Kier molecular flexibility index (Phi) is 7.71. The second kappa shape index (κ2) is 9.54. The van der Waals surface area contributed by atoms with Gasteiger partial charge in [-0.2, -0.15) is 0 Å². The number of aryl methyl sites for hydroxylation is 2. The molecular weight excluding hydrogens is 453 g/mol. The van der Waals surface area contributed by atoms with Crippen LogP contribution < -0.4 is 0 Å². The molecule has 1 aromatic carbocycles. The number of imidazole rings is 1. The topological polar surface area (TPSA) is 9.86 Å². The molecule has 1 heterocycles. The fraction of sp³-hybridized carbons (Fsp3) is 0.632. The molecule has 0 N–H and O–H groups in total. The van der Waals surface area contributed by atoms with Crippen molar-refractivity contribution in [2.24, 2.45) is 0 Å². The van der Waals surface area contributed by atoms with E-state index in [9.17, 15) is 0 Å². The minimum atomic E-state index is 1.15. The van der Waals surface area contributed by atoms with Crippen molar-refractivity contribution in [1.82, 2.24) is 9.13 Å². The molecule has 127 valence electrons. The summed E-state index contributed by atoms with van der Waals surface area (Å²) >= 11 is 2.76. The van der Waals surface area contributed by atoms with Crippen LogP contribution >= 0.6 is 0 Å². The fourth-order valence-electron chi connectivity index (χ4n) is 3.05. The molecular formula is C19H30AuN2. The molecule has 0 saturated carbocycles. The monoisotopic (exact) mass is 483 g/mol. The van der Waals surface area contributed by atoms with Crippen molar-refractivity contribution < 1.29 is 20.6 Å². The third-order valence-corrected chi connectivity index (χ3v) is 5.51. The van der Waals surface area contributed by atoms with Crippen LogP contribution in [0.15, 0.2) is 24.3 Å². The first kappa shape index (κ1) is 17.8. The summed E-state index contributed by atoms with van der Waals surface area (Å²) in [6.45, 7) is 6.85. The first-order chi connectivity index (χ1) is 10.8. The maximum absolute atomic E-state index is 2.76. The first-order valence-corrected chi connectivity index (χ1v) is 10.0. The molecule has 0 aliphatic carbocycles. The quantitative estimate of drug-likeness (QED) is 0.304. The number of unbranched alkanes of at least 4 members (excludes halogenated alkanes) is 6. The van der Waals surface area contributed by atoms with Crippen LogP contribution in [0.2, 0.25) is 0 Å². The molecule has 22 heavy (non-hydrogen) atoms. The van der Waals surface area contributed by atoms with Crippen molar-refractivity contribution in [1.29, 1.82) is 0 Å². The molecule has 0 unspecified atom stereocenters. The Balaban J connectivity index is 2.17. The summed E-state index contributed by atoms with van der Waals surface area (Å²) in [5.74, 6) is 0. The van der Waals surface area contributed by atoms with Gasteiger partial charge in [0.25, 0.3) is 0 Å². The molecule has 0 bridgehead atoms. The van der Waals surface area contributed by atoms with Gasteiger partial charge in [-0.25, -0.2) is 0 Å². The molecule has 0 spiro atoms. The van der Waals surface area contributed by atoms with Crippen molar-refractivity contribution in [2.45, 2.75) is 78.3 Å². The summed E-state index contributed by atoms with van der Waals surface area (Å²) in [7, 11) is 0. The van der Waals surface area contributed by atoms with Crippen molar-refractivity contribution in [3.05, 3.63) is 27.9 Å². The second-order valence-corrected chi connectivity index (χ2v) is 7.12. The third-order valence-electron chi connectivity index (χ3n) is 4.34. The van der Waals surface area contributed by atoms with Gasteiger partial charge in [-0.3, -0.25) is 0 Å². The van der Waals surface area contributed by atoms with E-state index in [4.69, 9.17) is 0 Å². The number of aromatic nitrogens is 2. The molecule has 0 amide bonds. The summed E-state index contributed by atoms with van der Waals surface area (Å²) < 4.78 is 6.39. The van der Waals surface area contributed by atoms with E-state index in [2.05, 4.69) is 67.8 Å². The molecule has 0 aliphatic rings. The Morgan fingerprint density at radius 3 is 1.59 bits per heavy atom. The van der Waals surface area contributed by atoms with Crippen LogP contribution in [0.4, 0.5) is 0 Å². The predicted molar refractivity (Wildman–Crippen MR) is 91.5 cm³/mol. The zero-order valence-electron chi connectivity index (χ0n) is 14.1. The SMILES string of the molecule is CCCCCCn1[c](=[Au])n(CCCCCC)c2ccccc21. The van der Waals surface area contributed by atoms with Crippen LogP contribution in [-0.2, 0) is 33.7 Å². The average molecular weight is 483 g/mol. The Labute approximate surface area is 146 Å². The van der Waals surface area contributed by atoms with Gasteiger partial charge in [0.2, 0.25) is 0 Å². The average Bonchev–Trinajstić information content (AvgIpc) is 2.80. The number of nitrogens with zero attached hydrogens (tertiary/aromatic N) is 2. The van der Waals surface area contributed by atoms with Crippen LogP contribution in [0.25, 0.3) is 11.0 Å². The number of hydrogen-bond donors (Lipinski definition) is 0. The van der Waals surface area contributed by atoms with Crippen LogP contribution in [0.5, 0.6) is 0 Å². The van der Waals surface area contributed by atoms with Gasteiger partial charge in [0.15, 0.2) is 0 Å². The number of rotatable bonds is 10. The van der Waals surface area contributed by atoms with Gasteiger partial charge < -0.3 is 0 Å². The van der Waals surface area contributed by atoms with Crippen molar-refractivity contribution in [3.63, 3.8) is 0 Å². The van der Waals surface area contributed by atoms with E-state index in [-0.39, 0.29) is 0 Å². The van der Waals surface area contributed by atoms with Crippen molar-refractivity contribution >= 4 is 11.0 Å². The number of benzene rings is 1. The second-order valence-electron chi connectivity index (χ2n) is 6.15. The van der Waals surface area contributed by atoms with Crippen molar-refractivity contribution in [2.75, 3.05) is 0 Å². The van der Waals surface area contributed by atoms with E-state index in [1.165, 1.54) is 66.0 Å². The number of para-hydroxylation sites is 2. The van der Waals surface area contributed by atoms with Gasteiger partial charge in [-0.15, -0.1) is 0 Å². The van der Waals surface area contributed by atoms with E-state index in [1.54, 1.807) is 0 Å². The normalized spacial score (nSPS) is 11.5. The van der Waals surface area contributed by atoms with Crippen LogP contribution in [0, 0.1) is 3.63 Å². The Bertz CT molecular complexity index is 572. The van der Waals surface area contributed by atoms with Gasteiger partial charge in [-0.05, 0) is 0 Å². The molecule has 2 aromatic rings. The van der Waals surface area contributed by atoms with Gasteiger partial charge in [-0.1, -0.05) is 0 Å². The van der Waals surface area contributed by atoms with Crippen LogP contribution in [-0.4, -0.2) is 9.13 Å². The van der Waals surface area contributed by atoms with E-state index in [0.717, 1.165) is 13.1 Å². The molecule has 3 heteroatoms. The van der Waals surface area contributed by atoms with E-state index in [1.807, 2.05) is 0 Å². The minimum absolute atomic E-state index is 1.15. The zero-order valence-corrected chi connectivity index (χ0v) is 16.2. The molecule has 0 radical (unpaired) electrons. The standard InChI is InChI=1S/C19H30N2.Au/c1-3-5-7-11-15-20-17-21(16-12-8-6-4-2)19-14-10-9-13-18(19)20;/h9-10,13-14H,3-8,11-12,15-16H2,1-2H3;. The molecule has 0 fully saturated rings. The van der Waals surface area contributed by atoms with Gasteiger partial charge in [0.1, 0.15) is 0 Å². The Morgan fingerprint density at radius 1 is 0.727 bits per heavy atom. The summed E-state index contributed by atoms with van der Waals surface area (Å²) in [6.07, 6.45) is 10.6. The molecule has 1 aromatic heterocycles. The summed E-state index contributed by atoms with van der Waals surface area (Å²) in [5, 5.41) is 0. The summed E-state index contributed by atoms with van der Waals surface area (Å²) in [5.41, 5.74) is 2.79. The number of hydrogen-bond acceptors (Lipinski definition) is 0. The number of fused-ring (bicyclic) bond motifs is 1. The van der Waals surface area contributed by atoms with E-state index < -0.39 is 0 Å². The molecule has 2 nitrogen and oxygen atoms in total. The first-order valence-electron chi connectivity index (χ1n) is 8.92. The van der Waals surface area contributed by atoms with Gasteiger partial charge in [0.05, 0.1) is 0 Å². The van der Waals surface area contributed by atoms with Gasteiger partial charge >= 0.3 is 147 Å². The summed E-state index contributed by atoms with van der Waals surface area (Å²) in [4.78, 5) is 0.